The first kappa shape index (κ1) is 11.9. The van der Waals surface area contributed by atoms with Crippen LogP contribution in [-0.4, -0.2) is 18.3 Å². The van der Waals surface area contributed by atoms with Crippen molar-refractivity contribution in [3.63, 3.8) is 0 Å². The largest absolute Gasteiger partial charge is 0.311 e. The number of carbonyl (C=O) groups is 1. The molecule has 0 bridgehead atoms. The number of amides is 1. The van der Waals surface area contributed by atoms with Gasteiger partial charge in [-0.25, -0.2) is 0 Å². The molecule has 1 aromatic carbocycles. The Morgan fingerprint density at radius 1 is 1.59 bits per heavy atom. The van der Waals surface area contributed by atoms with Gasteiger partial charge in [0.15, 0.2) is 0 Å². The minimum Gasteiger partial charge on any atom is -0.311 e. The minimum absolute atomic E-state index is 0.0535. The van der Waals surface area contributed by atoms with Crippen LogP contribution in [0.2, 0.25) is 0 Å². The van der Waals surface area contributed by atoms with Crippen LogP contribution >= 0.6 is 11.6 Å². The van der Waals surface area contributed by atoms with E-state index in [9.17, 15) is 4.79 Å². The number of carbonyl (C=O) groups excluding carboxylic acids is 1. The van der Waals surface area contributed by atoms with Gasteiger partial charge in [-0.2, -0.15) is 5.26 Å². The first-order valence-electron chi connectivity index (χ1n) is 5.52. The van der Waals surface area contributed by atoms with Gasteiger partial charge in [0.05, 0.1) is 11.3 Å². The van der Waals surface area contributed by atoms with Gasteiger partial charge < -0.3 is 4.90 Å². The molecule has 0 saturated carbocycles. The zero-order chi connectivity index (χ0) is 12.4. The van der Waals surface area contributed by atoms with Crippen molar-refractivity contribution < 1.29 is 4.79 Å². The topological polar surface area (TPSA) is 44.1 Å². The van der Waals surface area contributed by atoms with E-state index in [0.717, 1.165) is 5.56 Å². The van der Waals surface area contributed by atoms with Crippen molar-refractivity contribution >= 4 is 23.2 Å². The molecule has 0 aromatic heterocycles. The van der Waals surface area contributed by atoms with Crippen LogP contribution < -0.4 is 4.90 Å². The summed E-state index contributed by atoms with van der Waals surface area (Å²) in [4.78, 5) is 13.6. The first-order valence-corrected chi connectivity index (χ1v) is 6.06. The third-order valence-electron chi connectivity index (χ3n) is 2.99. The normalized spacial score (nSPS) is 19.5. The van der Waals surface area contributed by atoms with Crippen molar-refractivity contribution in [2.24, 2.45) is 5.92 Å². The Kier molecular flexibility index (Phi) is 3.35. The molecule has 1 atom stereocenters. The molecule has 1 fully saturated rings. The summed E-state index contributed by atoms with van der Waals surface area (Å²) in [7, 11) is 0. The third-order valence-corrected chi connectivity index (χ3v) is 3.42. The van der Waals surface area contributed by atoms with Crippen molar-refractivity contribution in [2.75, 3.05) is 17.3 Å². The molecule has 2 rings (SSSR count). The van der Waals surface area contributed by atoms with Gasteiger partial charge in [0.2, 0.25) is 5.91 Å². The minimum atomic E-state index is 0.0535. The van der Waals surface area contributed by atoms with Crippen LogP contribution in [0, 0.1) is 24.2 Å². The monoisotopic (exact) mass is 248 g/mol. The molecule has 88 valence electrons. The van der Waals surface area contributed by atoms with E-state index in [1.807, 2.05) is 19.1 Å². The molecule has 1 aliphatic heterocycles. The highest BCUT2D eigenvalue weighted by molar-refractivity contribution is 6.18. The molecule has 0 aliphatic carbocycles. The summed E-state index contributed by atoms with van der Waals surface area (Å²) in [5.41, 5.74) is 2.30. The molecular weight excluding hydrogens is 236 g/mol. The lowest BCUT2D eigenvalue weighted by molar-refractivity contribution is -0.117. The lowest BCUT2D eigenvalue weighted by Crippen LogP contribution is -2.25. The molecule has 1 unspecified atom stereocenters. The molecule has 0 spiro atoms. The smallest absolute Gasteiger partial charge is 0.227 e. The summed E-state index contributed by atoms with van der Waals surface area (Å²) in [6.07, 6.45) is 0.475. The van der Waals surface area contributed by atoms with Gasteiger partial charge in [-0.1, -0.05) is 6.07 Å². The average Bonchev–Trinajstić information content (AvgIpc) is 2.70. The zero-order valence-electron chi connectivity index (χ0n) is 9.61. The van der Waals surface area contributed by atoms with Gasteiger partial charge >= 0.3 is 0 Å². The predicted octanol–water partition coefficient (Wildman–Crippen LogP) is 2.46. The van der Waals surface area contributed by atoms with Crippen LogP contribution in [0.5, 0.6) is 0 Å². The maximum absolute atomic E-state index is 11.9. The number of hydrogen-bond acceptors (Lipinski definition) is 2. The molecule has 3 nitrogen and oxygen atoms in total. The number of rotatable bonds is 2. The summed E-state index contributed by atoms with van der Waals surface area (Å²) in [5.74, 6) is 0.727. The maximum Gasteiger partial charge on any atom is 0.227 e. The van der Waals surface area contributed by atoms with Crippen LogP contribution in [0.1, 0.15) is 17.5 Å². The van der Waals surface area contributed by atoms with Gasteiger partial charge in [-0.15, -0.1) is 11.6 Å². The van der Waals surface area contributed by atoms with Gasteiger partial charge in [-0.05, 0) is 30.5 Å². The van der Waals surface area contributed by atoms with E-state index in [-0.39, 0.29) is 11.8 Å². The van der Waals surface area contributed by atoms with Gasteiger partial charge in [0, 0.05) is 18.8 Å². The zero-order valence-corrected chi connectivity index (χ0v) is 10.4. The SMILES string of the molecule is Cc1ccc(C#N)c(N2CC(CCl)CC2=O)c1. The number of anilines is 1. The van der Waals surface area contributed by atoms with E-state index < -0.39 is 0 Å². The Morgan fingerprint density at radius 3 is 2.94 bits per heavy atom. The van der Waals surface area contributed by atoms with Crippen molar-refractivity contribution in [1.29, 1.82) is 5.26 Å². The maximum atomic E-state index is 11.9. The van der Waals surface area contributed by atoms with Crippen LogP contribution in [0.25, 0.3) is 0 Å². The third kappa shape index (κ3) is 2.27. The number of alkyl halides is 1. The quantitative estimate of drug-likeness (QED) is 0.755. The van der Waals surface area contributed by atoms with Crippen molar-refractivity contribution in [2.45, 2.75) is 13.3 Å². The summed E-state index contributed by atoms with van der Waals surface area (Å²) >= 11 is 5.79. The molecule has 4 heteroatoms. The highest BCUT2D eigenvalue weighted by atomic mass is 35.5. The molecule has 0 radical (unpaired) electrons. The fourth-order valence-electron chi connectivity index (χ4n) is 2.08. The summed E-state index contributed by atoms with van der Waals surface area (Å²) in [6.45, 7) is 2.56. The summed E-state index contributed by atoms with van der Waals surface area (Å²) < 4.78 is 0. The Bertz CT molecular complexity index is 493. The summed E-state index contributed by atoms with van der Waals surface area (Å²) in [5, 5.41) is 9.06. The molecule has 1 heterocycles. The van der Waals surface area contributed by atoms with Crippen LogP contribution in [-0.2, 0) is 4.79 Å². The Morgan fingerprint density at radius 2 is 2.35 bits per heavy atom. The van der Waals surface area contributed by atoms with Crippen molar-refractivity contribution in [1.82, 2.24) is 0 Å². The van der Waals surface area contributed by atoms with E-state index in [0.29, 0.717) is 30.1 Å². The second kappa shape index (κ2) is 4.77. The van der Waals surface area contributed by atoms with E-state index in [1.165, 1.54) is 0 Å². The molecule has 17 heavy (non-hydrogen) atoms. The number of nitrogens with zero attached hydrogens (tertiary/aromatic N) is 2. The van der Waals surface area contributed by atoms with E-state index in [2.05, 4.69) is 6.07 Å². The molecular formula is C13H13ClN2O. The van der Waals surface area contributed by atoms with E-state index in [1.54, 1.807) is 11.0 Å². The number of nitriles is 1. The van der Waals surface area contributed by atoms with E-state index >= 15 is 0 Å². The Labute approximate surface area is 106 Å². The number of benzene rings is 1. The molecule has 1 aliphatic rings. The Hall–Kier alpha value is -1.53. The fourth-order valence-corrected chi connectivity index (χ4v) is 2.28. The molecule has 0 N–H and O–H groups in total. The lowest BCUT2D eigenvalue weighted by atomic mass is 10.1. The highest BCUT2D eigenvalue weighted by Crippen LogP contribution is 2.29. The van der Waals surface area contributed by atoms with Gasteiger partial charge in [0.25, 0.3) is 0 Å². The molecule has 1 amide bonds. The van der Waals surface area contributed by atoms with Crippen molar-refractivity contribution in [3.05, 3.63) is 29.3 Å². The predicted molar refractivity (Wildman–Crippen MR) is 67.1 cm³/mol. The highest BCUT2D eigenvalue weighted by Gasteiger charge is 2.31. The number of aryl methyl sites for hydroxylation is 1. The lowest BCUT2D eigenvalue weighted by Gasteiger charge is -2.18. The average molecular weight is 249 g/mol. The van der Waals surface area contributed by atoms with Crippen LogP contribution in [0.15, 0.2) is 18.2 Å². The van der Waals surface area contributed by atoms with E-state index in [4.69, 9.17) is 16.9 Å². The number of halogens is 1. The second-order valence-electron chi connectivity index (χ2n) is 4.36. The fraction of sp³-hybridized carbons (Fsp3) is 0.385. The number of hydrogen-bond donors (Lipinski definition) is 0. The first-order chi connectivity index (χ1) is 8.15. The van der Waals surface area contributed by atoms with Crippen LogP contribution in [0.4, 0.5) is 5.69 Å². The molecule has 1 aromatic rings. The van der Waals surface area contributed by atoms with Crippen molar-refractivity contribution in [3.8, 4) is 6.07 Å². The summed E-state index contributed by atoms with van der Waals surface area (Å²) in [6, 6.07) is 7.64. The second-order valence-corrected chi connectivity index (χ2v) is 4.67. The van der Waals surface area contributed by atoms with Gasteiger partial charge in [-0.3, -0.25) is 4.79 Å². The van der Waals surface area contributed by atoms with Crippen LogP contribution in [0.3, 0.4) is 0 Å². The standard InChI is InChI=1S/C13H13ClN2O/c1-9-2-3-11(7-15)12(4-9)16-8-10(6-14)5-13(16)17/h2-4,10H,5-6,8H2,1H3. The molecule has 1 saturated heterocycles. The Balaban J connectivity index is 2.37. The van der Waals surface area contributed by atoms with Gasteiger partial charge in [0.1, 0.15) is 6.07 Å².